The van der Waals surface area contributed by atoms with Gasteiger partial charge in [0, 0.05) is 0 Å². The lowest BCUT2D eigenvalue weighted by atomic mass is 10.0. The van der Waals surface area contributed by atoms with Crippen LogP contribution in [-0.4, -0.2) is 17.2 Å². The zero-order valence-corrected chi connectivity index (χ0v) is 19.9. The van der Waals surface area contributed by atoms with Gasteiger partial charge in [0.2, 0.25) is 0 Å². The summed E-state index contributed by atoms with van der Waals surface area (Å²) in [6, 6.07) is 0. The molecule has 0 fully saturated rings. The predicted molar refractivity (Wildman–Crippen MR) is 125 cm³/mol. The Kier molecular flexibility index (Phi) is 21.0. The first kappa shape index (κ1) is 28.0. The first-order valence-electron chi connectivity index (χ1n) is 12.7. The lowest BCUT2D eigenvalue weighted by Gasteiger charge is -2.16. The van der Waals surface area contributed by atoms with E-state index in [-0.39, 0.29) is 11.7 Å². The second-order valence-electron chi connectivity index (χ2n) is 8.74. The molecule has 3 heteroatoms. The molecule has 0 bridgehead atoms. The monoisotopic (exact) mass is 410 g/mol. The van der Waals surface area contributed by atoms with Crippen molar-refractivity contribution in [3.8, 4) is 0 Å². The van der Waals surface area contributed by atoms with Gasteiger partial charge in [0.1, 0.15) is 0 Å². The highest BCUT2D eigenvalue weighted by atomic mass is 16.5. The topological polar surface area (TPSA) is 46.5 Å². The smallest absolute Gasteiger partial charge is 0.334 e. The maximum Gasteiger partial charge on any atom is 0.334 e. The van der Waals surface area contributed by atoms with E-state index in [1.807, 2.05) is 0 Å². The SMILES string of the molecule is CCCCCCCCCCCCCCCCCC(CCCC)OC=C(C)C(=O)O. The van der Waals surface area contributed by atoms with E-state index in [1.165, 1.54) is 103 Å². The maximum atomic E-state index is 10.9. The largest absolute Gasteiger partial charge is 0.497 e. The summed E-state index contributed by atoms with van der Waals surface area (Å²) in [6.45, 7) is 6.05. The Morgan fingerprint density at radius 1 is 0.690 bits per heavy atom. The summed E-state index contributed by atoms with van der Waals surface area (Å²) >= 11 is 0. The highest BCUT2D eigenvalue weighted by molar-refractivity contribution is 5.85. The van der Waals surface area contributed by atoms with Gasteiger partial charge in [0.15, 0.2) is 0 Å². The van der Waals surface area contributed by atoms with Crippen LogP contribution in [0.3, 0.4) is 0 Å². The van der Waals surface area contributed by atoms with Gasteiger partial charge in [-0.15, -0.1) is 0 Å². The van der Waals surface area contributed by atoms with Gasteiger partial charge >= 0.3 is 5.97 Å². The predicted octanol–water partition coefficient (Wildman–Crippen LogP) is 8.81. The molecule has 0 aliphatic rings. The Balaban J connectivity index is 3.55. The first-order chi connectivity index (χ1) is 14.1. The minimum Gasteiger partial charge on any atom is -0.497 e. The summed E-state index contributed by atoms with van der Waals surface area (Å²) in [5.41, 5.74) is 0.281. The fourth-order valence-corrected chi connectivity index (χ4v) is 3.70. The van der Waals surface area contributed by atoms with E-state index in [0.717, 1.165) is 25.7 Å². The van der Waals surface area contributed by atoms with E-state index < -0.39 is 5.97 Å². The van der Waals surface area contributed by atoms with E-state index in [0.29, 0.717) is 0 Å². The molecule has 0 rings (SSSR count). The van der Waals surface area contributed by atoms with Crippen LogP contribution in [-0.2, 0) is 9.53 Å². The summed E-state index contributed by atoms with van der Waals surface area (Å²) in [4.78, 5) is 10.9. The Hall–Kier alpha value is -0.990. The molecule has 0 aliphatic carbocycles. The summed E-state index contributed by atoms with van der Waals surface area (Å²) in [5, 5.41) is 8.94. The Labute approximate surface area is 181 Å². The summed E-state index contributed by atoms with van der Waals surface area (Å²) in [6.07, 6.45) is 26.7. The quantitative estimate of drug-likeness (QED) is 0.110. The van der Waals surface area contributed by atoms with Crippen molar-refractivity contribution < 1.29 is 14.6 Å². The molecule has 29 heavy (non-hydrogen) atoms. The van der Waals surface area contributed by atoms with Crippen molar-refractivity contribution in [3.63, 3.8) is 0 Å². The molecular formula is C26H50O3. The minimum absolute atomic E-state index is 0.172. The lowest BCUT2D eigenvalue weighted by molar-refractivity contribution is -0.132. The van der Waals surface area contributed by atoms with Crippen LogP contribution in [0.15, 0.2) is 11.8 Å². The Bertz CT molecular complexity index is 389. The fourth-order valence-electron chi connectivity index (χ4n) is 3.70. The molecule has 1 N–H and O–H groups in total. The molecule has 0 amide bonds. The number of carboxylic acids is 1. The molecular weight excluding hydrogens is 360 g/mol. The van der Waals surface area contributed by atoms with Crippen molar-refractivity contribution in [2.24, 2.45) is 0 Å². The standard InChI is InChI=1S/C26H50O3/c1-4-6-8-9-10-11-12-13-14-15-16-17-18-19-20-22-25(21-7-5-2)29-23-24(3)26(27)28/h23,25H,4-22H2,1-3H3,(H,27,28). The van der Waals surface area contributed by atoms with Gasteiger partial charge in [0.05, 0.1) is 17.9 Å². The summed E-state index contributed by atoms with van der Waals surface area (Å²) in [5.74, 6) is -0.897. The molecule has 0 saturated carbocycles. The van der Waals surface area contributed by atoms with Gasteiger partial charge in [-0.3, -0.25) is 0 Å². The number of unbranched alkanes of at least 4 members (excludes halogenated alkanes) is 15. The third kappa shape index (κ3) is 20.1. The molecule has 0 radical (unpaired) electrons. The first-order valence-corrected chi connectivity index (χ1v) is 12.7. The van der Waals surface area contributed by atoms with E-state index >= 15 is 0 Å². The van der Waals surface area contributed by atoms with Crippen LogP contribution in [0.4, 0.5) is 0 Å². The zero-order chi connectivity index (χ0) is 21.6. The van der Waals surface area contributed by atoms with E-state index in [2.05, 4.69) is 13.8 Å². The molecule has 0 aliphatic heterocycles. The molecule has 0 aromatic carbocycles. The maximum absolute atomic E-state index is 10.9. The molecule has 0 spiro atoms. The van der Waals surface area contributed by atoms with Crippen molar-refractivity contribution >= 4 is 5.97 Å². The lowest BCUT2D eigenvalue weighted by Crippen LogP contribution is -2.11. The third-order valence-corrected chi connectivity index (χ3v) is 5.78. The van der Waals surface area contributed by atoms with Gasteiger partial charge in [-0.05, 0) is 26.2 Å². The number of hydrogen-bond acceptors (Lipinski definition) is 2. The average Bonchev–Trinajstić information content (AvgIpc) is 2.71. The van der Waals surface area contributed by atoms with Crippen molar-refractivity contribution in [2.45, 2.75) is 149 Å². The highest BCUT2D eigenvalue weighted by Crippen LogP contribution is 2.17. The number of carboxylic acid groups (broad SMARTS) is 1. The van der Waals surface area contributed by atoms with Crippen LogP contribution in [0.1, 0.15) is 143 Å². The van der Waals surface area contributed by atoms with Gasteiger partial charge in [-0.1, -0.05) is 117 Å². The molecule has 0 aromatic rings. The van der Waals surface area contributed by atoms with Gasteiger partial charge < -0.3 is 9.84 Å². The molecule has 172 valence electrons. The second kappa shape index (κ2) is 21.7. The van der Waals surface area contributed by atoms with Gasteiger partial charge in [-0.2, -0.15) is 0 Å². The van der Waals surface area contributed by atoms with E-state index in [1.54, 1.807) is 6.92 Å². The summed E-state index contributed by atoms with van der Waals surface area (Å²) < 4.78 is 5.74. The molecule has 0 aromatic heterocycles. The van der Waals surface area contributed by atoms with Crippen molar-refractivity contribution in [1.29, 1.82) is 0 Å². The molecule has 1 atom stereocenters. The van der Waals surface area contributed by atoms with Crippen LogP contribution >= 0.6 is 0 Å². The van der Waals surface area contributed by atoms with Crippen LogP contribution in [0, 0.1) is 0 Å². The average molecular weight is 411 g/mol. The molecule has 1 unspecified atom stereocenters. The van der Waals surface area contributed by atoms with Crippen molar-refractivity contribution in [3.05, 3.63) is 11.8 Å². The Morgan fingerprint density at radius 3 is 1.48 bits per heavy atom. The van der Waals surface area contributed by atoms with Crippen molar-refractivity contribution in [1.82, 2.24) is 0 Å². The number of carbonyl (C=O) groups is 1. The Morgan fingerprint density at radius 2 is 1.07 bits per heavy atom. The molecule has 0 heterocycles. The highest BCUT2D eigenvalue weighted by Gasteiger charge is 2.09. The number of hydrogen-bond donors (Lipinski definition) is 1. The van der Waals surface area contributed by atoms with Crippen LogP contribution in [0.25, 0.3) is 0 Å². The number of ether oxygens (including phenoxy) is 1. The van der Waals surface area contributed by atoms with Crippen LogP contribution < -0.4 is 0 Å². The normalized spacial score (nSPS) is 12.9. The fraction of sp³-hybridized carbons (Fsp3) is 0.885. The van der Waals surface area contributed by atoms with Crippen molar-refractivity contribution in [2.75, 3.05) is 0 Å². The van der Waals surface area contributed by atoms with Gasteiger partial charge in [0.25, 0.3) is 0 Å². The zero-order valence-electron chi connectivity index (χ0n) is 19.9. The second-order valence-corrected chi connectivity index (χ2v) is 8.74. The third-order valence-electron chi connectivity index (χ3n) is 5.78. The van der Waals surface area contributed by atoms with Crippen LogP contribution in [0.5, 0.6) is 0 Å². The van der Waals surface area contributed by atoms with Crippen LogP contribution in [0.2, 0.25) is 0 Å². The molecule has 0 saturated heterocycles. The summed E-state index contributed by atoms with van der Waals surface area (Å²) in [7, 11) is 0. The van der Waals surface area contributed by atoms with Gasteiger partial charge in [-0.25, -0.2) is 4.79 Å². The van der Waals surface area contributed by atoms with E-state index in [4.69, 9.17) is 9.84 Å². The minimum atomic E-state index is -0.897. The number of rotatable bonds is 22. The number of aliphatic carboxylic acids is 1. The molecule has 3 nitrogen and oxygen atoms in total. The van der Waals surface area contributed by atoms with E-state index in [9.17, 15) is 4.79 Å².